The maximum Gasteiger partial charge on any atom is 0.343 e. The van der Waals surface area contributed by atoms with Crippen LogP contribution >= 0.6 is 11.6 Å². The average Bonchev–Trinajstić information content (AvgIpc) is 2.56. The molecular formula is C18H16ClFN2O4. The van der Waals surface area contributed by atoms with Gasteiger partial charge < -0.3 is 15.4 Å². The molecule has 136 valence electrons. The van der Waals surface area contributed by atoms with E-state index in [1.54, 1.807) is 24.3 Å². The van der Waals surface area contributed by atoms with Crippen LogP contribution in [0.4, 0.5) is 15.8 Å². The molecule has 0 saturated carbocycles. The molecule has 0 radical (unpaired) electrons. The zero-order chi connectivity index (χ0) is 19.3. The van der Waals surface area contributed by atoms with Crippen LogP contribution in [0.15, 0.2) is 42.5 Å². The first-order valence-corrected chi connectivity index (χ1v) is 7.99. The first-order valence-electron chi connectivity index (χ1n) is 7.61. The van der Waals surface area contributed by atoms with E-state index in [9.17, 15) is 18.8 Å². The Morgan fingerprint density at radius 2 is 1.62 bits per heavy atom. The van der Waals surface area contributed by atoms with Crippen LogP contribution < -0.4 is 10.6 Å². The number of anilines is 2. The Kier molecular flexibility index (Phi) is 6.30. The minimum atomic E-state index is -1.17. The zero-order valence-corrected chi connectivity index (χ0v) is 14.8. The molecule has 0 aliphatic rings. The molecule has 0 aliphatic heterocycles. The third-order valence-corrected chi connectivity index (χ3v) is 3.61. The fourth-order valence-corrected chi connectivity index (χ4v) is 2.29. The molecule has 2 rings (SSSR count). The lowest BCUT2D eigenvalue weighted by Gasteiger charge is -2.14. The van der Waals surface area contributed by atoms with Gasteiger partial charge in [0.2, 0.25) is 5.91 Å². The fourth-order valence-electron chi connectivity index (χ4n) is 2.05. The van der Waals surface area contributed by atoms with Crippen LogP contribution in [0.25, 0.3) is 0 Å². The van der Waals surface area contributed by atoms with Gasteiger partial charge in [-0.15, -0.1) is 0 Å². The Morgan fingerprint density at radius 1 is 1.04 bits per heavy atom. The lowest BCUT2D eigenvalue weighted by molar-refractivity contribution is -0.123. The van der Waals surface area contributed by atoms with Crippen LogP contribution in [0.3, 0.4) is 0 Å². The van der Waals surface area contributed by atoms with Crippen LogP contribution in [0.2, 0.25) is 5.02 Å². The standard InChI is InChI=1S/C18H16ClFN2O4/c1-10(26-18(25)16-14(19)4-3-5-15(16)20)17(24)22-13-8-6-12(7-9-13)21-11(2)23/h3-10H,1-2H3,(H,21,23)(H,22,24)/t10-/m0/s1. The van der Waals surface area contributed by atoms with Crippen molar-refractivity contribution in [3.8, 4) is 0 Å². The van der Waals surface area contributed by atoms with Gasteiger partial charge in [0, 0.05) is 18.3 Å². The van der Waals surface area contributed by atoms with Crippen LogP contribution in [0.1, 0.15) is 24.2 Å². The van der Waals surface area contributed by atoms with E-state index < -0.39 is 29.4 Å². The summed E-state index contributed by atoms with van der Waals surface area (Å²) in [4.78, 5) is 35.1. The highest BCUT2D eigenvalue weighted by molar-refractivity contribution is 6.33. The van der Waals surface area contributed by atoms with Crippen molar-refractivity contribution < 1.29 is 23.5 Å². The number of halogens is 2. The summed E-state index contributed by atoms with van der Waals surface area (Å²) in [6, 6.07) is 10.1. The number of esters is 1. The summed E-state index contributed by atoms with van der Waals surface area (Å²) in [5.41, 5.74) is 0.591. The maximum absolute atomic E-state index is 13.7. The lowest BCUT2D eigenvalue weighted by Crippen LogP contribution is -2.30. The van der Waals surface area contributed by atoms with Crippen molar-refractivity contribution in [2.45, 2.75) is 20.0 Å². The van der Waals surface area contributed by atoms with Crippen LogP contribution in [-0.2, 0) is 14.3 Å². The first-order chi connectivity index (χ1) is 12.3. The smallest absolute Gasteiger partial charge is 0.343 e. The van der Waals surface area contributed by atoms with Crippen LogP contribution in [0.5, 0.6) is 0 Å². The number of ether oxygens (including phenoxy) is 1. The maximum atomic E-state index is 13.7. The Morgan fingerprint density at radius 3 is 2.15 bits per heavy atom. The molecule has 2 aromatic rings. The molecule has 1 atom stereocenters. The Bertz CT molecular complexity index is 819. The van der Waals surface area contributed by atoms with Crippen molar-refractivity contribution >= 4 is 40.8 Å². The van der Waals surface area contributed by atoms with E-state index in [1.807, 2.05) is 0 Å². The summed E-state index contributed by atoms with van der Waals surface area (Å²) in [5.74, 6) is -2.67. The van der Waals surface area contributed by atoms with Crippen molar-refractivity contribution in [3.63, 3.8) is 0 Å². The minimum absolute atomic E-state index is 0.101. The zero-order valence-electron chi connectivity index (χ0n) is 14.0. The van der Waals surface area contributed by atoms with E-state index in [0.29, 0.717) is 11.4 Å². The highest BCUT2D eigenvalue weighted by Crippen LogP contribution is 2.21. The molecule has 0 unspecified atom stereocenters. The molecule has 0 saturated heterocycles. The molecule has 2 aromatic carbocycles. The monoisotopic (exact) mass is 378 g/mol. The molecule has 0 bridgehead atoms. The molecule has 0 heterocycles. The molecule has 26 heavy (non-hydrogen) atoms. The summed E-state index contributed by atoms with van der Waals surface area (Å²) in [7, 11) is 0. The van der Waals surface area contributed by atoms with Gasteiger partial charge in [0.15, 0.2) is 6.10 Å². The van der Waals surface area contributed by atoms with Gasteiger partial charge in [-0.25, -0.2) is 9.18 Å². The normalized spacial score (nSPS) is 11.4. The third kappa shape index (κ3) is 5.03. The fraction of sp³-hybridized carbons (Fsp3) is 0.167. The van der Waals surface area contributed by atoms with Crippen molar-refractivity contribution in [1.29, 1.82) is 0 Å². The number of hydrogen-bond donors (Lipinski definition) is 2. The van der Waals surface area contributed by atoms with Gasteiger partial charge in [-0.05, 0) is 43.3 Å². The second-order valence-corrected chi connectivity index (χ2v) is 5.80. The van der Waals surface area contributed by atoms with Crippen molar-refractivity contribution in [2.75, 3.05) is 10.6 Å². The Hall–Kier alpha value is -2.93. The lowest BCUT2D eigenvalue weighted by atomic mass is 10.2. The van der Waals surface area contributed by atoms with E-state index >= 15 is 0 Å². The van der Waals surface area contributed by atoms with E-state index in [-0.39, 0.29) is 10.9 Å². The minimum Gasteiger partial charge on any atom is -0.449 e. The molecule has 0 fully saturated rings. The SMILES string of the molecule is CC(=O)Nc1ccc(NC(=O)[C@H](C)OC(=O)c2c(F)cccc2Cl)cc1. The van der Waals surface area contributed by atoms with Gasteiger partial charge in [0.1, 0.15) is 11.4 Å². The third-order valence-electron chi connectivity index (χ3n) is 3.29. The molecule has 2 amide bonds. The number of hydrogen-bond acceptors (Lipinski definition) is 4. The molecule has 0 aliphatic carbocycles. The summed E-state index contributed by atoms with van der Waals surface area (Å²) < 4.78 is 18.7. The van der Waals surface area contributed by atoms with E-state index in [2.05, 4.69) is 10.6 Å². The first kappa shape index (κ1) is 19.4. The number of benzene rings is 2. The van der Waals surface area contributed by atoms with E-state index in [4.69, 9.17) is 16.3 Å². The van der Waals surface area contributed by atoms with Gasteiger partial charge in [-0.3, -0.25) is 9.59 Å². The van der Waals surface area contributed by atoms with Gasteiger partial charge in [0.05, 0.1) is 5.02 Å². The second-order valence-electron chi connectivity index (χ2n) is 5.39. The predicted molar refractivity (Wildman–Crippen MR) is 95.7 cm³/mol. The van der Waals surface area contributed by atoms with Crippen molar-refractivity contribution in [2.24, 2.45) is 0 Å². The summed E-state index contributed by atoms with van der Waals surface area (Å²) >= 11 is 5.80. The van der Waals surface area contributed by atoms with Gasteiger partial charge in [0.25, 0.3) is 5.91 Å². The van der Waals surface area contributed by atoms with Gasteiger partial charge >= 0.3 is 5.97 Å². The average molecular weight is 379 g/mol. The van der Waals surface area contributed by atoms with Gasteiger partial charge in [-0.2, -0.15) is 0 Å². The predicted octanol–water partition coefficient (Wildman–Crippen LogP) is 3.62. The second kappa shape index (κ2) is 8.44. The number of nitrogens with one attached hydrogen (secondary N) is 2. The molecule has 6 nitrogen and oxygen atoms in total. The number of amides is 2. The number of carbonyl (C=O) groups excluding carboxylic acids is 3. The molecule has 8 heteroatoms. The molecule has 0 spiro atoms. The van der Waals surface area contributed by atoms with Gasteiger partial charge in [-0.1, -0.05) is 17.7 Å². The Labute approximate surface area is 154 Å². The molecule has 2 N–H and O–H groups in total. The van der Waals surface area contributed by atoms with Crippen LogP contribution in [-0.4, -0.2) is 23.9 Å². The quantitative estimate of drug-likeness (QED) is 0.778. The van der Waals surface area contributed by atoms with Crippen molar-refractivity contribution in [1.82, 2.24) is 0 Å². The van der Waals surface area contributed by atoms with Crippen molar-refractivity contribution in [3.05, 3.63) is 58.9 Å². The highest BCUT2D eigenvalue weighted by Gasteiger charge is 2.23. The topological polar surface area (TPSA) is 84.5 Å². The highest BCUT2D eigenvalue weighted by atomic mass is 35.5. The Balaban J connectivity index is 1.99. The number of carbonyl (C=O) groups is 3. The van der Waals surface area contributed by atoms with Crippen LogP contribution in [0, 0.1) is 5.82 Å². The molecule has 0 aromatic heterocycles. The summed E-state index contributed by atoms with van der Waals surface area (Å²) in [6.45, 7) is 2.74. The largest absolute Gasteiger partial charge is 0.449 e. The molecular weight excluding hydrogens is 363 g/mol. The summed E-state index contributed by atoms with van der Waals surface area (Å²) in [6.07, 6.45) is -1.17. The van der Waals surface area contributed by atoms with E-state index in [0.717, 1.165) is 6.07 Å². The number of rotatable bonds is 5. The van der Waals surface area contributed by atoms with E-state index in [1.165, 1.54) is 26.0 Å². The summed E-state index contributed by atoms with van der Waals surface area (Å²) in [5, 5.41) is 5.05.